The van der Waals surface area contributed by atoms with Gasteiger partial charge in [-0.1, -0.05) is 12.1 Å². The molecule has 0 aliphatic carbocycles. The minimum absolute atomic E-state index is 0.0837. The van der Waals surface area contributed by atoms with Crippen molar-refractivity contribution >= 4 is 23.3 Å². The Labute approximate surface area is 121 Å². The summed E-state index contributed by atoms with van der Waals surface area (Å²) in [4.78, 5) is 34.4. The third-order valence-electron chi connectivity index (χ3n) is 3.08. The Morgan fingerprint density at radius 3 is 2.62 bits per heavy atom. The second kappa shape index (κ2) is 7.34. The highest BCUT2D eigenvalue weighted by Crippen LogP contribution is 2.23. The number of hydrogen-bond donors (Lipinski definition) is 2. The number of nitro benzene ring substituents is 1. The van der Waals surface area contributed by atoms with E-state index in [1.165, 1.54) is 18.2 Å². The second-order valence-electron chi connectivity index (χ2n) is 4.56. The summed E-state index contributed by atoms with van der Waals surface area (Å²) < 4.78 is 0. The van der Waals surface area contributed by atoms with E-state index in [1.807, 2.05) is 0 Å². The molecule has 21 heavy (non-hydrogen) atoms. The molecule has 8 heteroatoms. The number of carbonyl (C=O) groups excluding carboxylic acids is 1. The molecule has 114 valence electrons. The second-order valence-corrected chi connectivity index (χ2v) is 4.56. The standard InChI is InChI=1S/C13H17N3O5/c1-9(15(2)8-7-12(17)18)13(19)14-10-5-3-4-6-11(10)16(20)21/h3-6,9H,7-8H2,1-2H3,(H,14,19)(H,17,18). The van der Waals surface area contributed by atoms with E-state index in [9.17, 15) is 19.7 Å². The van der Waals surface area contributed by atoms with E-state index < -0.39 is 22.8 Å². The summed E-state index contributed by atoms with van der Waals surface area (Å²) in [7, 11) is 1.62. The number of rotatable bonds is 7. The number of para-hydroxylation sites is 2. The Morgan fingerprint density at radius 1 is 1.43 bits per heavy atom. The number of hydrogen-bond acceptors (Lipinski definition) is 5. The van der Waals surface area contributed by atoms with Crippen LogP contribution in [-0.4, -0.2) is 46.4 Å². The van der Waals surface area contributed by atoms with Crippen LogP contribution in [0, 0.1) is 10.1 Å². The normalized spacial score (nSPS) is 12.0. The smallest absolute Gasteiger partial charge is 0.304 e. The first-order chi connectivity index (χ1) is 9.82. The van der Waals surface area contributed by atoms with Crippen molar-refractivity contribution in [2.45, 2.75) is 19.4 Å². The minimum Gasteiger partial charge on any atom is -0.481 e. The largest absolute Gasteiger partial charge is 0.481 e. The Kier molecular flexibility index (Phi) is 5.79. The van der Waals surface area contributed by atoms with Crippen LogP contribution in [0.3, 0.4) is 0 Å². The molecule has 0 saturated heterocycles. The lowest BCUT2D eigenvalue weighted by atomic mass is 10.2. The Balaban J connectivity index is 2.72. The van der Waals surface area contributed by atoms with Gasteiger partial charge in [0.05, 0.1) is 17.4 Å². The summed E-state index contributed by atoms with van der Waals surface area (Å²) in [6.07, 6.45) is -0.0837. The van der Waals surface area contributed by atoms with Gasteiger partial charge in [0.25, 0.3) is 5.69 Å². The minimum atomic E-state index is -0.951. The van der Waals surface area contributed by atoms with Crippen molar-refractivity contribution in [1.82, 2.24) is 4.90 Å². The van der Waals surface area contributed by atoms with E-state index in [1.54, 1.807) is 24.9 Å². The van der Waals surface area contributed by atoms with Gasteiger partial charge in [-0.25, -0.2) is 0 Å². The van der Waals surface area contributed by atoms with Gasteiger partial charge in [-0.2, -0.15) is 0 Å². The molecule has 1 aromatic rings. The highest BCUT2D eigenvalue weighted by atomic mass is 16.6. The van der Waals surface area contributed by atoms with E-state index in [-0.39, 0.29) is 24.3 Å². The molecule has 0 spiro atoms. The number of aliphatic carboxylic acids is 1. The average Bonchev–Trinajstić information content (AvgIpc) is 2.44. The van der Waals surface area contributed by atoms with E-state index in [2.05, 4.69) is 5.32 Å². The van der Waals surface area contributed by atoms with Crippen molar-refractivity contribution < 1.29 is 19.6 Å². The molecule has 1 unspecified atom stereocenters. The van der Waals surface area contributed by atoms with E-state index in [0.717, 1.165) is 0 Å². The molecule has 0 saturated carbocycles. The summed E-state index contributed by atoms with van der Waals surface area (Å²) in [6, 6.07) is 5.23. The molecular formula is C13H17N3O5. The first kappa shape index (κ1) is 16.6. The maximum atomic E-state index is 12.1. The van der Waals surface area contributed by atoms with Crippen molar-refractivity contribution in [2.75, 3.05) is 18.9 Å². The molecule has 0 aliphatic rings. The molecule has 1 aromatic carbocycles. The van der Waals surface area contributed by atoms with Crippen LogP contribution in [0.2, 0.25) is 0 Å². The zero-order valence-corrected chi connectivity index (χ0v) is 11.8. The van der Waals surface area contributed by atoms with Gasteiger partial charge in [0.1, 0.15) is 5.69 Å². The highest BCUT2D eigenvalue weighted by Gasteiger charge is 2.21. The van der Waals surface area contributed by atoms with Gasteiger partial charge in [0.15, 0.2) is 0 Å². The lowest BCUT2D eigenvalue weighted by molar-refractivity contribution is -0.383. The van der Waals surface area contributed by atoms with Crippen molar-refractivity contribution in [3.8, 4) is 0 Å². The number of nitrogens with one attached hydrogen (secondary N) is 1. The third kappa shape index (κ3) is 4.84. The number of likely N-dealkylation sites (N-methyl/N-ethyl adjacent to an activating group) is 1. The van der Waals surface area contributed by atoms with Crippen LogP contribution < -0.4 is 5.32 Å². The van der Waals surface area contributed by atoms with Crippen LogP contribution in [0.1, 0.15) is 13.3 Å². The predicted molar refractivity (Wildman–Crippen MR) is 76.1 cm³/mol. The van der Waals surface area contributed by atoms with Crippen LogP contribution in [0.4, 0.5) is 11.4 Å². The van der Waals surface area contributed by atoms with Gasteiger partial charge in [-0.3, -0.25) is 24.6 Å². The van der Waals surface area contributed by atoms with Gasteiger partial charge in [0.2, 0.25) is 5.91 Å². The number of anilines is 1. The Hall–Kier alpha value is -2.48. The number of nitrogens with zero attached hydrogens (tertiary/aromatic N) is 2. The Morgan fingerprint density at radius 2 is 2.05 bits per heavy atom. The molecule has 0 heterocycles. The molecule has 1 amide bonds. The van der Waals surface area contributed by atoms with Crippen LogP contribution in [0.25, 0.3) is 0 Å². The third-order valence-corrected chi connectivity index (χ3v) is 3.08. The van der Waals surface area contributed by atoms with Crippen molar-refractivity contribution in [1.29, 1.82) is 0 Å². The van der Waals surface area contributed by atoms with Crippen molar-refractivity contribution in [2.24, 2.45) is 0 Å². The van der Waals surface area contributed by atoms with E-state index >= 15 is 0 Å². The van der Waals surface area contributed by atoms with Gasteiger partial charge in [0, 0.05) is 12.6 Å². The highest BCUT2D eigenvalue weighted by molar-refractivity contribution is 5.96. The number of benzene rings is 1. The summed E-state index contributed by atoms with van der Waals surface area (Å²) >= 11 is 0. The molecule has 0 aliphatic heterocycles. The zero-order valence-electron chi connectivity index (χ0n) is 11.8. The summed E-state index contributed by atoms with van der Waals surface area (Å²) in [5.41, 5.74) is -0.0720. The SMILES string of the molecule is CC(C(=O)Nc1ccccc1[N+](=O)[O-])N(C)CCC(=O)O. The lowest BCUT2D eigenvalue weighted by Crippen LogP contribution is -2.40. The number of nitro groups is 1. The first-order valence-corrected chi connectivity index (χ1v) is 6.29. The van der Waals surface area contributed by atoms with Gasteiger partial charge in [-0.05, 0) is 20.0 Å². The summed E-state index contributed by atoms with van der Waals surface area (Å²) in [5.74, 6) is -1.38. The van der Waals surface area contributed by atoms with Crippen molar-refractivity contribution in [3.63, 3.8) is 0 Å². The summed E-state index contributed by atoms with van der Waals surface area (Å²) in [6.45, 7) is 1.81. The Bertz CT molecular complexity index is 546. The topological polar surface area (TPSA) is 113 Å². The average molecular weight is 295 g/mol. The van der Waals surface area contributed by atoms with Gasteiger partial charge in [-0.15, -0.1) is 0 Å². The van der Waals surface area contributed by atoms with Crippen LogP contribution >= 0.6 is 0 Å². The fourth-order valence-electron chi connectivity index (χ4n) is 1.64. The molecular weight excluding hydrogens is 278 g/mol. The molecule has 0 radical (unpaired) electrons. The maximum Gasteiger partial charge on any atom is 0.304 e. The molecule has 2 N–H and O–H groups in total. The van der Waals surface area contributed by atoms with Gasteiger partial charge >= 0.3 is 5.97 Å². The number of carboxylic acids is 1. The molecule has 1 rings (SSSR count). The van der Waals surface area contributed by atoms with Crippen LogP contribution in [0.5, 0.6) is 0 Å². The molecule has 0 fully saturated rings. The van der Waals surface area contributed by atoms with E-state index in [0.29, 0.717) is 0 Å². The van der Waals surface area contributed by atoms with E-state index in [4.69, 9.17) is 5.11 Å². The number of carboxylic acid groups (broad SMARTS) is 1. The first-order valence-electron chi connectivity index (χ1n) is 6.29. The maximum absolute atomic E-state index is 12.1. The fourth-order valence-corrected chi connectivity index (χ4v) is 1.64. The molecule has 1 atom stereocenters. The monoisotopic (exact) mass is 295 g/mol. The zero-order chi connectivity index (χ0) is 16.0. The van der Waals surface area contributed by atoms with Crippen LogP contribution in [0.15, 0.2) is 24.3 Å². The lowest BCUT2D eigenvalue weighted by Gasteiger charge is -2.23. The molecule has 8 nitrogen and oxygen atoms in total. The fraction of sp³-hybridized carbons (Fsp3) is 0.385. The molecule has 0 bridgehead atoms. The van der Waals surface area contributed by atoms with Crippen LogP contribution in [-0.2, 0) is 9.59 Å². The molecule has 0 aromatic heterocycles. The number of carbonyl (C=O) groups is 2. The van der Waals surface area contributed by atoms with Crippen molar-refractivity contribution in [3.05, 3.63) is 34.4 Å². The van der Waals surface area contributed by atoms with Gasteiger partial charge < -0.3 is 10.4 Å². The quantitative estimate of drug-likeness (QED) is 0.579. The number of amides is 1. The predicted octanol–water partition coefficient (Wildman–Crippen LogP) is 1.33. The summed E-state index contributed by atoms with van der Waals surface area (Å²) in [5, 5.41) is 22.0.